The third-order valence-corrected chi connectivity index (χ3v) is 7.37. The van der Waals surface area contributed by atoms with E-state index in [0.717, 1.165) is 30.6 Å². The summed E-state index contributed by atoms with van der Waals surface area (Å²) in [5.41, 5.74) is 15.8. The van der Waals surface area contributed by atoms with Gasteiger partial charge in [-0.3, -0.25) is 20.2 Å². The summed E-state index contributed by atoms with van der Waals surface area (Å²) in [4.78, 5) is 39.2. The van der Waals surface area contributed by atoms with Gasteiger partial charge in [0.2, 0.25) is 0 Å². The van der Waals surface area contributed by atoms with E-state index in [9.17, 15) is 24.6 Å². The molecule has 0 spiro atoms. The van der Waals surface area contributed by atoms with Gasteiger partial charge >= 0.3 is 6.03 Å². The molecule has 9 N–H and O–H groups in total. The zero-order chi connectivity index (χ0) is 28.1. The van der Waals surface area contributed by atoms with Crippen LogP contribution in [0.5, 0.6) is 0 Å². The smallest absolute Gasteiger partial charge is 0.325 e. The van der Waals surface area contributed by atoms with Crippen molar-refractivity contribution in [2.24, 2.45) is 17.2 Å². The summed E-state index contributed by atoms with van der Waals surface area (Å²) in [5.74, 6) is -0.909. The maximum Gasteiger partial charge on any atom is 0.325 e. The first-order valence-electron chi connectivity index (χ1n) is 14.3. The number of hydrogen-bond donors (Lipinski definition) is 6. The molecule has 2 rings (SSSR count). The van der Waals surface area contributed by atoms with E-state index >= 15 is 0 Å². The van der Waals surface area contributed by atoms with Crippen molar-refractivity contribution in [3.63, 3.8) is 0 Å². The van der Waals surface area contributed by atoms with Crippen molar-refractivity contribution < 1.29 is 29.3 Å². The first-order valence-corrected chi connectivity index (χ1v) is 14.3. The Morgan fingerprint density at radius 1 is 1.13 bits per heavy atom. The van der Waals surface area contributed by atoms with Crippen LogP contribution in [0.2, 0.25) is 0 Å². The molecular weight excluding hydrogens is 490 g/mol. The van der Waals surface area contributed by atoms with Crippen LogP contribution in [0.25, 0.3) is 0 Å². The minimum Gasteiger partial charge on any atom is -0.390 e. The van der Waals surface area contributed by atoms with Crippen molar-refractivity contribution in [1.29, 1.82) is 0 Å². The number of nitrogens with one attached hydrogen (secondary N) is 1. The van der Waals surface area contributed by atoms with Crippen LogP contribution in [0.1, 0.15) is 96.8 Å². The molecule has 2 unspecified atom stereocenters. The van der Waals surface area contributed by atoms with E-state index in [2.05, 4.69) is 12.2 Å². The fourth-order valence-electron chi connectivity index (χ4n) is 4.94. The summed E-state index contributed by atoms with van der Waals surface area (Å²) >= 11 is 0. The molecule has 11 nitrogen and oxygen atoms in total. The Labute approximate surface area is 226 Å². The van der Waals surface area contributed by atoms with Crippen LogP contribution in [0, 0.1) is 0 Å². The highest BCUT2D eigenvalue weighted by Gasteiger charge is 2.47. The Morgan fingerprint density at radius 2 is 1.76 bits per heavy atom. The number of aliphatic hydroxyl groups is 2. The summed E-state index contributed by atoms with van der Waals surface area (Å²) < 4.78 is 5.73. The van der Waals surface area contributed by atoms with Gasteiger partial charge in [0.05, 0.1) is 12.1 Å². The van der Waals surface area contributed by atoms with Crippen LogP contribution < -0.4 is 22.5 Å². The summed E-state index contributed by atoms with van der Waals surface area (Å²) in [7, 11) is 0. The number of ketones is 2. The average Bonchev–Trinajstić information content (AvgIpc) is 3.27. The number of hydrogen-bond acceptors (Lipinski definition) is 9. The van der Waals surface area contributed by atoms with Gasteiger partial charge in [0.15, 0.2) is 17.2 Å². The highest BCUT2D eigenvalue weighted by atomic mass is 16.5. The van der Waals surface area contributed by atoms with Gasteiger partial charge in [0.25, 0.3) is 0 Å². The third kappa shape index (κ3) is 9.39. The number of urea groups is 1. The highest BCUT2D eigenvalue weighted by molar-refractivity contribution is 5.98. The lowest BCUT2D eigenvalue weighted by Crippen LogP contribution is -2.68. The van der Waals surface area contributed by atoms with Crippen LogP contribution in [0.4, 0.5) is 4.79 Å². The number of carbonyl (C=O) groups is 3. The van der Waals surface area contributed by atoms with Crippen molar-refractivity contribution >= 4 is 17.6 Å². The summed E-state index contributed by atoms with van der Waals surface area (Å²) in [6, 6.07) is -1.56. The van der Waals surface area contributed by atoms with Gasteiger partial charge in [-0.1, -0.05) is 64.7 Å². The molecule has 0 saturated carbocycles. The van der Waals surface area contributed by atoms with E-state index in [4.69, 9.17) is 21.9 Å². The Hall–Kier alpha value is -1.89. The van der Waals surface area contributed by atoms with Crippen LogP contribution in [-0.4, -0.2) is 75.5 Å². The van der Waals surface area contributed by atoms with Crippen LogP contribution in [-0.2, 0) is 14.3 Å². The Balaban J connectivity index is 1.81. The lowest BCUT2D eigenvalue weighted by molar-refractivity contribution is -0.142. The minimum absolute atomic E-state index is 0.00504. The number of ether oxygens (including phenoxy) is 1. The molecule has 2 heterocycles. The Kier molecular flexibility index (Phi) is 13.8. The van der Waals surface area contributed by atoms with E-state index in [1.807, 2.05) is 0 Å². The number of nitrogens with zero attached hydrogens (tertiary/aromatic N) is 1. The van der Waals surface area contributed by atoms with Crippen molar-refractivity contribution in [3.05, 3.63) is 12.3 Å². The van der Waals surface area contributed by atoms with Crippen LogP contribution >= 0.6 is 0 Å². The second kappa shape index (κ2) is 16.3. The molecule has 2 amide bonds. The number of nitrogens with two attached hydrogens (primary N) is 3. The second-order valence-electron chi connectivity index (χ2n) is 10.6. The van der Waals surface area contributed by atoms with Crippen molar-refractivity contribution in [2.45, 2.75) is 133 Å². The average molecular weight is 540 g/mol. The lowest BCUT2D eigenvalue weighted by atomic mass is 9.94. The molecule has 1 saturated heterocycles. The van der Waals surface area contributed by atoms with Crippen molar-refractivity contribution in [2.75, 3.05) is 6.54 Å². The summed E-state index contributed by atoms with van der Waals surface area (Å²) in [6.07, 6.45) is 9.98. The van der Waals surface area contributed by atoms with Gasteiger partial charge in [-0.2, -0.15) is 0 Å². The number of Topliss-reactive ketones (excluding diaryl/α,β-unsaturated/α-hetero) is 2. The zero-order valence-corrected chi connectivity index (χ0v) is 22.9. The van der Waals surface area contributed by atoms with Gasteiger partial charge in [0, 0.05) is 19.0 Å². The maximum absolute atomic E-state index is 12.8. The van der Waals surface area contributed by atoms with E-state index in [-0.39, 0.29) is 18.6 Å². The number of carbonyl (C=O) groups excluding carboxylic acids is 3. The molecule has 0 aromatic rings. The van der Waals surface area contributed by atoms with Gasteiger partial charge in [0.1, 0.15) is 18.4 Å². The zero-order valence-electron chi connectivity index (χ0n) is 22.9. The van der Waals surface area contributed by atoms with Gasteiger partial charge in [-0.05, 0) is 31.9 Å². The predicted octanol–water partition coefficient (Wildman–Crippen LogP) is 1.53. The summed E-state index contributed by atoms with van der Waals surface area (Å²) in [6.45, 7) is 2.69. The quantitative estimate of drug-likeness (QED) is 0.132. The number of amides is 2. The monoisotopic (exact) mass is 539 g/mol. The van der Waals surface area contributed by atoms with Crippen molar-refractivity contribution in [1.82, 2.24) is 10.2 Å². The molecule has 2 aliphatic heterocycles. The molecule has 1 fully saturated rings. The standard InChI is InChI=1S/C27H49N5O6/c1-2-3-4-5-6-7-8-9-10-14-20(33)23(35)24-21(34)18-22(38-24)32-17-15-27(30,31-26(32)37)25(36)19(29)13-11-12-16-28/h15,17,19,21-24,34-35H,2-14,16,18,28-30H2,1H3,(H,31,37)/t19-,21-,22+,23?,24-,27?/m0/s1. The minimum atomic E-state index is -1.77. The molecule has 11 heteroatoms. The predicted molar refractivity (Wildman–Crippen MR) is 144 cm³/mol. The fourth-order valence-corrected chi connectivity index (χ4v) is 4.94. The molecule has 0 aromatic carbocycles. The lowest BCUT2D eigenvalue weighted by Gasteiger charge is -2.37. The molecule has 218 valence electrons. The Bertz CT molecular complexity index is 796. The van der Waals surface area contributed by atoms with Crippen LogP contribution in [0.3, 0.4) is 0 Å². The molecule has 0 aromatic heterocycles. The first kappa shape index (κ1) is 32.3. The highest BCUT2D eigenvalue weighted by Crippen LogP contribution is 2.29. The third-order valence-electron chi connectivity index (χ3n) is 7.37. The molecule has 2 aliphatic rings. The SMILES string of the molecule is CCCCCCCCCCCC(=O)C(O)[C@H]1O[C@@H](N2C=CC(N)(C(=O)[C@@H](N)CCCCN)NC2=O)C[C@@H]1O. The maximum atomic E-state index is 12.8. The van der Waals surface area contributed by atoms with Gasteiger partial charge in [-0.25, -0.2) is 4.79 Å². The number of unbranched alkanes of at least 4 members (excludes halogenated alkanes) is 9. The van der Waals surface area contributed by atoms with E-state index in [1.54, 1.807) is 0 Å². The molecule has 38 heavy (non-hydrogen) atoms. The van der Waals surface area contributed by atoms with E-state index in [1.165, 1.54) is 44.4 Å². The normalized spacial score (nSPS) is 26.8. The number of rotatable bonds is 19. The molecule has 0 radical (unpaired) electrons. The fraction of sp³-hybridized carbons (Fsp3) is 0.815. The second-order valence-corrected chi connectivity index (χ2v) is 10.6. The first-order chi connectivity index (χ1) is 18.1. The Morgan fingerprint density at radius 3 is 2.37 bits per heavy atom. The van der Waals surface area contributed by atoms with Gasteiger partial charge in [-0.15, -0.1) is 0 Å². The van der Waals surface area contributed by atoms with E-state index < -0.39 is 48.1 Å². The van der Waals surface area contributed by atoms with Gasteiger partial charge < -0.3 is 31.7 Å². The molecule has 6 atom stereocenters. The van der Waals surface area contributed by atoms with E-state index in [0.29, 0.717) is 25.8 Å². The molecule has 0 aliphatic carbocycles. The van der Waals surface area contributed by atoms with Crippen molar-refractivity contribution in [3.8, 4) is 0 Å². The molecular formula is C27H49N5O6. The molecule has 0 bridgehead atoms. The van der Waals surface area contributed by atoms with Crippen LogP contribution in [0.15, 0.2) is 12.3 Å². The summed E-state index contributed by atoms with van der Waals surface area (Å²) in [5, 5.41) is 23.5. The largest absolute Gasteiger partial charge is 0.390 e. The number of aliphatic hydroxyl groups excluding tert-OH is 2. The topological polar surface area (TPSA) is 194 Å².